The maximum atomic E-state index is 13.1. The lowest BCUT2D eigenvalue weighted by molar-refractivity contribution is -0.0394. The van der Waals surface area contributed by atoms with E-state index in [1.807, 2.05) is 6.92 Å². The second kappa shape index (κ2) is 3.91. The number of hydrogen-bond acceptors (Lipinski definition) is 2. The van der Waals surface area contributed by atoms with E-state index in [9.17, 15) is 9.50 Å². The molecule has 1 heterocycles. The van der Waals surface area contributed by atoms with Crippen LogP contribution in [0.5, 0.6) is 0 Å². The lowest BCUT2D eigenvalue weighted by atomic mass is 9.77. The Balaban J connectivity index is 2.34. The molecule has 2 nitrogen and oxygen atoms in total. The van der Waals surface area contributed by atoms with Gasteiger partial charge in [0.2, 0.25) is 0 Å². The highest BCUT2D eigenvalue weighted by Gasteiger charge is 2.37. The Hall–Kier alpha value is -0.930. The quantitative estimate of drug-likeness (QED) is 0.737. The van der Waals surface area contributed by atoms with Crippen LogP contribution in [0.25, 0.3) is 0 Å². The van der Waals surface area contributed by atoms with E-state index >= 15 is 0 Å². The van der Waals surface area contributed by atoms with Gasteiger partial charge in [0.05, 0.1) is 5.60 Å². The summed E-state index contributed by atoms with van der Waals surface area (Å²) in [6.07, 6.45) is 0.637. The summed E-state index contributed by atoms with van der Waals surface area (Å²) in [5.74, 6) is -0.181. The topological polar surface area (TPSA) is 32.3 Å². The van der Waals surface area contributed by atoms with Gasteiger partial charge in [0.1, 0.15) is 5.82 Å². The monoisotopic (exact) mass is 209 g/mol. The molecule has 0 spiro atoms. The number of benzene rings is 1. The first-order valence-electron chi connectivity index (χ1n) is 5.32. The molecule has 3 heteroatoms. The number of rotatable bonds is 1. The average molecular weight is 209 g/mol. The Morgan fingerprint density at radius 1 is 1.53 bits per heavy atom. The van der Waals surface area contributed by atoms with Crippen molar-refractivity contribution in [1.29, 1.82) is 0 Å². The molecule has 2 unspecified atom stereocenters. The van der Waals surface area contributed by atoms with Crippen molar-refractivity contribution in [3.8, 4) is 0 Å². The van der Waals surface area contributed by atoms with Crippen molar-refractivity contribution in [2.24, 2.45) is 5.92 Å². The van der Waals surface area contributed by atoms with Crippen LogP contribution in [-0.4, -0.2) is 18.2 Å². The molecule has 1 aromatic rings. The molecular formula is C12H16FNO. The van der Waals surface area contributed by atoms with Gasteiger partial charge in [0, 0.05) is 12.5 Å². The summed E-state index contributed by atoms with van der Waals surface area (Å²) in [7, 11) is 0. The van der Waals surface area contributed by atoms with E-state index in [2.05, 4.69) is 5.32 Å². The van der Waals surface area contributed by atoms with Crippen molar-refractivity contribution >= 4 is 0 Å². The smallest absolute Gasteiger partial charge is 0.123 e. The number of piperidine rings is 1. The van der Waals surface area contributed by atoms with Gasteiger partial charge in [0.25, 0.3) is 0 Å². The number of nitrogens with one attached hydrogen (secondary N) is 1. The summed E-state index contributed by atoms with van der Waals surface area (Å²) >= 11 is 0. The summed E-state index contributed by atoms with van der Waals surface area (Å²) in [6.45, 7) is 3.53. The minimum Gasteiger partial charge on any atom is -0.385 e. The maximum absolute atomic E-state index is 13.1. The van der Waals surface area contributed by atoms with E-state index in [-0.39, 0.29) is 11.7 Å². The van der Waals surface area contributed by atoms with Crippen LogP contribution in [-0.2, 0) is 5.60 Å². The standard InChI is InChI=1S/C12H16FNO/c1-9-8-14-6-5-12(9,15)10-3-2-4-11(13)7-10/h2-4,7,9,14-15H,5-6,8H2,1H3. The molecule has 2 rings (SSSR count). The Kier molecular flexibility index (Phi) is 2.76. The Bertz CT molecular complexity index is 355. The molecule has 1 saturated heterocycles. The van der Waals surface area contributed by atoms with Crippen LogP contribution in [0, 0.1) is 11.7 Å². The van der Waals surface area contributed by atoms with E-state index < -0.39 is 5.60 Å². The first-order valence-corrected chi connectivity index (χ1v) is 5.32. The summed E-state index contributed by atoms with van der Waals surface area (Å²) < 4.78 is 13.1. The van der Waals surface area contributed by atoms with Crippen LogP contribution in [0.15, 0.2) is 24.3 Å². The summed E-state index contributed by atoms with van der Waals surface area (Å²) in [5.41, 5.74) is -0.190. The minimum absolute atomic E-state index is 0.105. The van der Waals surface area contributed by atoms with Gasteiger partial charge in [0.15, 0.2) is 0 Å². The van der Waals surface area contributed by atoms with Gasteiger partial charge >= 0.3 is 0 Å². The predicted molar refractivity (Wildman–Crippen MR) is 56.9 cm³/mol. The fraction of sp³-hybridized carbons (Fsp3) is 0.500. The van der Waals surface area contributed by atoms with Gasteiger partial charge in [-0.1, -0.05) is 19.1 Å². The van der Waals surface area contributed by atoms with Gasteiger partial charge in [-0.3, -0.25) is 0 Å². The molecule has 1 aliphatic heterocycles. The van der Waals surface area contributed by atoms with Gasteiger partial charge in [-0.05, 0) is 30.7 Å². The predicted octanol–water partition coefficient (Wildman–Crippen LogP) is 1.64. The first kappa shape index (κ1) is 10.6. The van der Waals surface area contributed by atoms with Crippen LogP contribution in [0.4, 0.5) is 4.39 Å². The zero-order chi connectivity index (χ0) is 10.9. The molecule has 0 radical (unpaired) electrons. The zero-order valence-corrected chi connectivity index (χ0v) is 8.83. The van der Waals surface area contributed by atoms with Crippen molar-refractivity contribution in [2.75, 3.05) is 13.1 Å². The lowest BCUT2D eigenvalue weighted by Gasteiger charge is -2.39. The van der Waals surface area contributed by atoms with E-state index in [1.54, 1.807) is 12.1 Å². The second-order valence-corrected chi connectivity index (χ2v) is 4.29. The zero-order valence-electron chi connectivity index (χ0n) is 8.83. The van der Waals surface area contributed by atoms with Crippen LogP contribution in [0.2, 0.25) is 0 Å². The van der Waals surface area contributed by atoms with Crippen LogP contribution in [0.3, 0.4) is 0 Å². The minimum atomic E-state index is -0.882. The third-order valence-electron chi connectivity index (χ3n) is 3.27. The molecule has 15 heavy (non-hydrogen) atoms. The first-order chi connectivity index (χ1) is 7.13. The molecule has 82 valence electrons. The third-order valence-corrected chi connectivity index (χ3v) is 3.27. The van der Waals surface area contributed by atoms with E-state index in [1.165, 1.54) is 12.1 Å². The number of halogens is 1. The molecular weight excluding hydrogens is 193 g/mol. The van der Waals surface area contributed by atoms with Gasteiger partial charge < -0.3 is 10.4 Å². The summed E-state index contributed by atoms with van der Waals surface area (Å²) in [6, 6.07) is 6.28. The van der Waals surface area contributed by atoms with E-state index in [0.29, 0.717) is 12.0 Å². The molecule has 0 saturated carbocycles. The van der Waals surface area contributed by atoms with E-state index in [4.69, 9.17) is 0 Å². The van der Waals surface area contributed by atoms with Crippen molar-refractivity contribution in [1.82, 2.24) is 5.32 Å². The highest BCUT2D eigenvalue weighted by Crippen LogP contribution is 2.34. The largest absolute Gasteiger partial charge is 0.385 e. The fourth-order valence-corrected chi connectivity index (χ4v) is 2.20. The van der Waals surface area contributed by atoms with Gasteiger partial charge in [-0.15, -0.1) is 0 Å². The molecule has 1 fully saturated rings. The Labute approximate surface area is 89.1 Å². The third kappa shape index (κ3) is 1.90. The lowest BCUT2D eigenvalue weighted by Crippen LogP contribution is -2.46. The SMILES string of the molecule is CC1CNCCC1(O)c1cccc(F)c1. The summed E-state index contributed by atoms with van der Waals surface area (Å²) in [5, 5.41) is 13.7. The molecule has 0 amide bonds. The summed E-state index contributed by atoms with van der Waals surface area (Å²) in [4.78, 5) is 0. The average Bonchev–Trinajstić information content (AvgIpc) is 2.23. The van der Waals surface area contributed by atoms with Gasteiger partial charge in [-0.25, -0.2) is 4.39 Å². The van der Waals surface area contributed by atoms with E-state index in [0.717, 1.165) is 13.1 Å². The molecule has 0 aliphatic carbocycles. The second-order valence-electron chi connectivity index (χ2n) is 4.29. The molecule has 2 atom stereocenters. The highest BCUT2D eigenvalue weighted by atomic mass is 19.1. The van der Waals surface area contributed by atoms with Crippen molar-refractivity contribution < 1.29 is 9.50 Å². The molecule has 2 N–H and O–H groups in total. The van der Waals surface area contributed by atoms with Crippen molar-refractivity contribution in [2.45, 2.75) is 18.9 Å². The van der Waals surface area contributed by atoms with Crippen LogP contribution < -0.4 is 5.32 Å². The molecule has 1 aromatic carbocycles. The molecule has 1 aliphatic rings. The molecule has 0 aromatic heterocycles. The van der Waals surface area contributed by atoms with Gasteiger partial charge in [-0.2, -0.15) is 0 Å². The highest BCUT2D eigenvalue weighted by molar-refractivity contribution is 5.24. The molecule has 0 bridgehead atoms. The number of hydrogen-bond donors (Lipinski definition) is 2. The Morgan fingerprint density at radius 2 is 2.33 bits per heavy atom. The van der Waals surface area contributed by atoms with Crippen LogP contribution >= 0.6 is 0 Å². The van der Waals surface area contributed by atoms with Crippen LogP contribution in [0.1, 0.15) is 18.9 Å². The normalized spacial score (nSPS) is 31.5. The van der Waals surface area contributed by atoms with Crippen molar-refractivity contribution in [3.05, 3.63) is 35.6 Å². The Morgan fingerprint density at radius 3 is 3.00 bits per heavy atom. The fourth-order valence-electron chi connectivity index (χ4n) is 2.20. The van der Waals surface area contributed by atoms with Crippen molar-refractivity contribution in [3.63, 3.8) is 0 Å². The maximum Gasteiger partial charge on any atom is 0.123 e. The number of aliphatic hydroxyl groups is 1.